The van der Waals surface area contributed by atoms with E-state index in [0.29, 0.717) is 19.3 Å². The van der Waals surface area contributed by atoms with Gasteiger partial charge in [0.25, 0.3) is 0 Å². The Bertz CT molecular complexity index is 425. The van der Waals surface area contributed by atoms with Crippen LogP contribution >= 0.6 is 0 Å². The van der Waals surface area contributed by atoms with Gasteiger partial charge in [0.05, 0.1) is 24.7 Å². The molecule has 4 atom stereocenters. The van der Waals surface area contributed by atoms with Crippen molar-refractivity contribution in [2.24, 2.45) is 0 Å². The van der Waals surface area contributed by atoms with Crippen LogP contribution in [0.5, 0.6) is 0 Å². The Morgan fingerprint density at radius 2 is 1.77 bits per heavy atom. The summed E-state index contributed by atoms with van der Waals surface area (Å²) in [4.78, 5) is 12.0. The van der Waals surface area contributed by atoms with Gasteiger partial charge in [0, 0.05) is 12.8 Å². The van der Waals surface area contributed by atoms with E-state index in [4.69, 9.17) is 13.9 Å². The van der Waals surface area contributed by atoms with Gasteiger partial charge in [0.2, 0.25) is 0 Å². The van der Waals surface area contributed by atoms with Crippen LogP contribution in [0.25, 0.3) is 0 Å². The smallest absolute Gasteiger partial charge is 0.192 e. The highest BCUT2D eigenvalue weighted by Crippen LogP contribution is 2.43. The summed E-state index contributed by atoms with van der Waals surface area (Å²) in [7, 11) is -1.83. The molecular formula is C17H32O4Si. The standard InChI is InChI=1S/C17H32O4Si/c1-12-8-14(18)10-17(19-12)11-15(9-13(2)20-17)21-22(6,7)16(3,4)5/h12-13,15H,8-11H2,1-7H3/t12-,13+,15+,17-/m0/s1. The molecule has 1 spiro atoms. The molecule has 0 aliphatic carbocycles. The second-order valence-corrected chi connectivity index (χ2v) is 13.4. The van der Waals surface area contributed by atoms with E-state index in [1.807, 2.05) is 6.92 Å². The largest absolute Gasteiger partial charge is 0.414 e. The first-order valence-corrected chi connectivity index (χ1v) is 11.4. The van der Waals surface area contributed by atoms with Gasteiger partial charge in [-0.15, -0.1) is 0 Å². The molecule has 128 valence electrons. The molecule has 5 heteroatoms. The lowest BCUT2D eigenvalue weighted by molar-refractivity contribution is -0.312. The zero-order valence-corrected chi connectivity index (χ0v) is 16.2. The van der Waals surface area contributed by atoms with Crippen LogP contribution in [-0.4, -0.2) is 38.2 Å². The maximum Gasteiger partial charge on any atom is 0.192 e. The first-order valence-electron chi connectivity index (χ1n) is 8.48. The fourth-order valence-electron chi connectivity index (χ4n) is 3.28. The summed E-state index contributed by atoms with van der Waals surface area (Å²) in [5.41, 5.74) is 0. The summed E-state index contributed by atoms with van der Waals surface area (Å²) in [6.45, 7) is 15.3. The highest BCUT2D eigenvalue weighted by Gasteiger charge is 2.49. The quantitative estimate of drug-likeness (QED) is 0.718. The number of carbonyl (C=O) groups excluding carboxylic acids is 1. The fourth-order valence-corrected chi connectivity index (χ4v) is 4.65. The Labute approximate surface area is 136 Å². The van der Waals surface area contributed by atoms with Crippen molar-refractivity contribution in [1.29, 1.82) is 0 Å². The highest BCUT2D eigenvalue weighted by atomic mass is 28.4. The minimum atomic E-state index is -1.83. The first-order chi connectivity index (χ1) is 9.92. The molecule has 0 amide bonds. The summed E-state index contributed by atoms with van der Waals surface area (Å²) in [6.07, 6.45) is 2.50. The molecule has 0 aromatic carbocycles. The highest BCUT2D eigenvalue weighted by molar-refractivity contribution is 6.74. The summed E-state index contributed by atoms with van der Waals surface area (Å²) in [5, 5.41) is 0.179. The van der Waals surface area contributed by atoms with Gasteiger partial charge in [-0.05, 0) is 38.4 Å². The Hall–Kier alpha value is -0.233. The number of ether oxygens (including phenoxy) is 2. The van der Waals surface area contributed by atoms with Crippen LogP contribution in [0.2, 0.25) is 18.1 Å². The van der Waals surface area contributed by atoms with Crippen LogP contribution in [0.4, 0.5) is 0 Å². The zero-order chi connectivity index (χ0) is 16.8. The predicted molar refractivity (Wildman–Crippen MR) is 89.4 cm³/mol. The van der Waals surface area contributed by atoms with Crippen molar-refractivity contribution in [2.45, 2.75) is 103 Å². The normalized spacial score (nSPS) is 37.6. The Kier molecular flexibility index (Phi) is 4.94. The molecule has 0 aromatic rings. The van der Waals surface area contributed by atoms with E-state index in [-0.39, 0.29) is 29.1 Å². The maximum atomic E-state index is 12.0. The van der Waals surface area contributed by atoms with E-state index in [9.17, 15) is 4.79 Å². The van der Waals surface area contributed by atoms with Gasteiger partial charge in [-0.2, -0.15) is 0 Å². The minimum absolute atomic E-state index is 0.0571. The molecule has 2 aliphatic rings. The van der Waals surface area contributed by atoms with Crippen LogP contribution in [0, 0.1) is 0 Å². The summed E-state index contributed by atoms with van der Waals surface area (Å²) in [5.74, 6) is -0.529. The van der Waals surface area contributed by atoms with Gasteiger partial charge in [-0.1, -0.05) is 20.8 Å². The molecule has 0 bridgehead atoms. The monoisotopic (exact) mass is 328 g/mol. The molecule has 2 aliphatic heterocycles. The van der Waals surface area contributed by atoms with E-state index in [1.165, 1.54) is 0 Å². The van der Waals surface area contributed by atoms with Crippen molar-refractivity contribution in [1.82, 2.24) is 0 Å². The number of hydrogen-bond acceptors (Lipinski definition) is 4. The number of rotatable bonds is 2. The van der Waals surface area contributed by atoms with Crippen molar-refractivity contribution in [3.05, 3.63) is 0 Å². The summed E-state index contributed by atoms with van der Waals surface area (Å²) < 4.78 is 18.7. The molecule has 2 rings (SSSR count). The molecular weight excluding hydrogens is 296 g/mol. The van der Waals surface area contributed by atoms with Crippen LogP contribution in [0.15, 0.2) is 0 Å². The number of hydrogen-bond donors (Lipinski definition) is 0. The van der Waals surface area contributed by atoms with Gasteiger partial charge >= 0.3 is 0 Å². The van der Waals surface area contributed by atoms with Gasteiger partial charge in [0.15, 0.2) is 14.1 Å². The second-order valence-electron chi connectivity index (χ2n) is 8.63. The van der Waals surface area contributed by atoms with Crippen LogP contribution in [-0.2, 0) is 18.7 Å². The van der Waals surface area contributed by atoms with Gasteiger partial charge in [-0.3, -0.25) is 4.79 Å². The van der Waals surface area contributed by atoms with E-state index in [1.54, 1.807) is 0 Å². The van der Waals surface area contributed by atoms with E-state index in [2.05, 4.69) is 40.8 Å². The lowest BCUT2D eigenvalue weighted by atomic mass is 9.91. The van der Waals surface area contributed by atoms with Crippen LogP contribution < -0.4 is 0 Å². The first kappa shape index (κ1) is 18.1. The average molecular weight is 329 g/mol. The van der Waals surface area contributed by atoms with Gasteiger partial charge in [-0.25, -0.2) is 0 Å². The topological polar surface area (TPSA) is 44.8 Å². The number of ketones is 1. The number of carbonyl (C=O) groups is 1. The molecule has 0 radical (unpaired) electrons. The van der Waals surface area contributed by atoms with Crippen molar-refractivity contribution < 1.29 is 18.7 Å². The third kappa shape index (κ3) is 3.99. The molecule has 2 fully saturated rings. The van der Waals surface area contributed by atoms with Crippen molar-refractivity contribution in [3.8, 4) is 0 Å². The third-order valence-electron chi connectivity index (χ3n) is 5.21. The molecule has 0 unspecified atom stereocenters. The third-order valence-corrected chi connectivity index (χ3v) is 9.75. The lowest BCUT2D eigenvalue weighted by Crippen LogP contribution is -2.55. The summed E-state index contributed by atoms with van der Waals surface area (Å²) in [6, 6.07) is 0. The van der Waals surface area contributed by atoms with Crippen LogP contribution in [0.3, 0.4) is 0 Å². The fraction of sp³-hybridized carbons (Fsp3) is 0.941. The van der Waals surface area contributed by atoms with Gasteiger partial charge in [0.1, 0.15) is 5.78 Å². The lowest BCUT2D eigenvalue weighted by Gasteiger charge is -2.49. The molecule has 0 N–H and O–H groups in total. The Balaban J connectivity index is 2.13. The number of Topliss-reactive ketones (excluding diaryl/α,β-unsaturated/α-hetero) is 1. The summed E-state index contributed by atoms with van der Waals surface area (Å²) >= 11 is 0. The molecule has 0 aromatic heterocycles. The zero-order valence-electron chi connectivity index (χ0n) is 15.2. The van der Waals surface area contributed by atoms with E-state index < -0.39 is 14.1 Å². The average Bonchev–Trinajstić information content (AvgIpc) is 2.22. The van der Waals surface area contributed by atoms with Gasteiger partial charge < -0.3 is 13.9 Å². The minimum Gasteiger partial charge on any atom is -0.414 e. The molecule has 2 saturated heterocycles. The van der Waals surface area contributed by atoms with Crippen molar-refractivity contribution in [2.75, 3.05) is 0 Å². The Morgan fingerprint density at radius 3 is 2.32 bits per heavy atom. The predicted octanol–water partition coefficient (Wildman–Crippen LogP) is 4.04. The molecule has 2 heterocycles. The molecule has 4 nitrogen and oxygen atoms in total. The van der Waals surface area contributed by atoms with Crippen LogP contribution in [0.1, 0.15) is 60.3 Å². The molecule has 22 heavy (non-hydrogen) atoms. The SMILES string of the molecule is C[C@@H]1C[C@@H](O[Si](C)(C)C(C)(C)C)C[C@]2(CC(=O)C[C@H](C)O2)O1. The second kappa shape index (κ2) is 6.00. The molecule has 0 saturated carbocycles. The maximum absolute atomic E-state index is 12.0. The Morgan fingerprint density at radius 1 is 1.18 bits per heavy atom. The van der Waals surface area contributed by atoms with E-state index in [0.717, 1.165) is 6.42 Å². The van der Waals surface area contributed by atoms with Crippen molar-refractivity contribution >= 4 is 14.1 Å². The van der Waals surface area contributed by atoms with Crippen molar-refractivity contribution in [3.63, 3.8) is 0 Å². The van der Waals surface area contributed by atoms with E-state index >= 15 is 0 Å².